The van der Waals surface area contributed by atoms with Gasteiger partial charge in [0.1, 0.15) is 29.4 Å². The first-order valence-corrected chi connectivity index (χ1v) is 12.8. The lowest BCUT2D eigenvalue weighted by Crippen LogP contribution is -2.27. The van der Waals surface area contributed by atoms with Crippen molar-refractivity contribution in [2.45, 2.75) is 65.1 Å². The van der Waals surface area contributed by atoms with Gasteiger partial charge in [-0.05, 0) is 63.2 Å². The average Bonchev–Trinajstić information content (AvgIpc) is 3.21. The Bertz CT molecular complexity index is 1400. The number of Topliss-reactive ketones (excluding diaryl/α,β-unsaturated/α-hetero) is 1. The summed E-state index contributed by atoms with van der Waals surface area (Å²) in [5.41, 5.74) is 2.24. The van der Waals surface area contributed by atoms with Gasteiger partial charge in [0.2, 0.25) is 0 Å². The summed E-state index contributed by atoms with van der Waals surface area (Å²) in [6.07, 6.45) is 0.102. The van der Waals surface area contributed by atoms with Crippen molar-refractivity contribution in [3.63, 3.8) is 0 Å². The summed E-state index contributed by atoms with van der Waals surface area (Å²) in [4.78, 5) is 40.0. The standard InChI is InChI=1S/C30H34FN3O6/c1-18(2)28-33-26(19-9-11-21(31)12-10-19)27(34(28)14-13-23(35)16-24(36)17-25(37)38)20-7-6-8-22(15-20)32-29(39)40-30(3,4)5/h6-15,18,23,35H,16-17H2,1-5H3,(H,32,39)(H,37,38)/b14-13+. The maximum Gasteiger partial charge on any atom is 0.412 e. The third-order valence-electron chi connectivity index (χ3n) is 5.60. The minimum Gasteiger partial charge on any atom is -0.481 e. The molecule has 1 aromatic heterocycles. The molecule has 40 heavy (non-hydrogen) atoms. The van der Waals surface area contributed by atoms with Crippen LogP contribution in [0.1, 0.15) is 59.2 Å². The lowest BCUT2D eigenvalue weighted by Gasteiger charge is -2.20. The molecule has 0 saturated carbocycles. The van der Waals surface area contributed by atoms with Gasteiger partial charge < -0.3 is 19.5 Å². The van der Waals surface area contributed by atoms with Crippen LogP contribution in [0.2, 0.25) is 0 Å². The molecule has 1 atom stereocenters. The highest BCUT2D eigenvalue weighted by molar-refractivity contribution is 5.95. The van der Waals surface area contributed by atoms with Gasteiger partial charge in [-0.25, -0.2) is 14.2 Å². The van der Waals surface area contributed by atoms with Crippen LogP contribution in [-0.4, -0.2) is 49.3 Å². The van der Waals surface area contributed by atoms with E-state index >= 15 is 0 Å². The van der Waals surface area contributed by atoms with Crippen molar-refractivity contribution in [1.82, 2.24) is 9.55 Å². The van der Waals surface area contributed by atoms with Gasteiger partial charge in [0, 0.05) is 35.4 Å². The molecule has 2 aromatic carbocycles. The number of nitrogens with one attached hydrogen (secondary N) is 1. The van der Waals surface area contributed by atoms with Crippen LogP contribution >= 0.6 is 0 Å². The molecule has 0 aliphatic rings. The second-order valence-electron chi connectivity index (χ2n) is 10.6. The van der Waals surface area contributed by atoms with Crippen molar-refractivity contribution in [1.29, 1.82) is 0 Å². The highest BCUT2D eigenvalue weighted by Gasteiger charge is 2.22. The van der Waals surface area contributed by atoms with Crippen LogP contribution in [0.3, 0.4) is 0 Å². The molecule has 0 saturated heterocycles. The highest BCUT2D eigenvalue weighted by Crippen LogP contribution is 2.36. The van der Waals surface area contributed by atoms with Crippen LogP contribution in [0.4, 0.5) is 14.9 Å². The van der Waals surface area contributed by atoms with Crippen molar-refractivity contribution in [2.24, 2.45) is 0 Å². The van der Waals surface area contributed by atoms with E-state index in [0.29, 0.717) is 34.0 Å². The Hall–Kier alpha value is -4.31. The number of carboxylic acids is 1. The molecule has 1 heterocycles. The molecule has 0 radical (unpaired) electrons. The number of halogens is 1. The third kappa shape index (κ3) is 8.34. The zero-order valence-electron chi connectivity index (χ0n) is 23.1. The number of benzene rings is 2. The van der Waals surface area contributed by atoms with Crippen LogP contribution < -0.4 is 5.32 Å². The first-order valence-electron chi connectivity index (χ1n) is 12.8. The summed E-state index contributed by atoms with van der Waals surface area (Å²) in [6.45, 7) is 9.18. The van der Waals surface area contributed by atoms with Gasteiger partial charge >= 0.3 is 12.1 Å². The van der Waals surface area contributed by atoms with Crippen molar-refractivity contribution in [3.8, 4) is 22.5 Å². The average molecular weight is 552 g/mol. The number of imidazole rings is 1. The molecule has 3 aromatic rings. The minimum absolute atomic E-state index is 0.0774. The minimum atomic E-state index is -1.26. The van der Waals surface area contributed by atoms with Crippen molar-refractivity contribution in [3.05, 3.63) is 66.2 Å². The molecule has 212 valence electrons. The van der Waals surface area contributed by atoms with E-state index in [4.69, 9.17) is 14.8 Å². The number of carbonyl (C=O) groups excluding carboxylic acids is 2. The maximum atomic E-state index is 13.7. The number of aromatic nitrogens is 2. The van der Waals surface area contributed by atoms with E-state index in [0.717, 1.165) is 0 Å². The molecule has 3 rings (SSSR count). The summed E-state index contributed by atoms with van der Waals surface area (Å²) in [5.74, 6) is -1.71. The molecule has 0 aliphatic heterocycles. The van der Waals surface area contributed by atoms with Crippen LogP contribution in [0.25, 0.3) is 28.7 Å². The predicted octanol–water partition coefficient (Wildman–Crippen LogP) is 6.09. The van der Waals surface area contributed by atoms with Crippen LogP contribution in [0.5, 0.6) is 0 Å². The summed E-state index contributed by atoms with van der Waals surface area (Å²) in [7, 11) is 0. The summed E-state index contributed by atoms with van der Waals surface area (Å²) in [6, 6.07) is 12.9. The largest absolute Gasteiger partial charge is 0.481 e. The van der Waals surface area contributed by atoms with Crippen LogP contribution in [0.15, 0.2) is 54.6 Å². The second kappa shape index (κ2) is 12.7. The molecular weight excluding hydrogens is 517 g/mol. The number of aliphatic carboxylic acids is 1. The normalized spacial score (nSPS) is 12.5. The van der Waals surface area contributed by atoms with E-state index < -0.39 is 41.8 Å². The van der Waals surface area contributed by atoms with Gasteiger partial charge in [-0.1, -0.05) is 26.0 Å². The monoisotopic (exact) mass is 551 g/mol. The second-order valence-corrected chi connectivity index (χ2v) is 10.6. The number of nitrogens with zero attached hydrogens (tertiary/aromatic N) is 2. The number of aliphatic hydroxyl groups is 1. The SMILES string of the molecule is CC(C)c1nc(-c2ccc(F)cc2)c(-c2cccc(NC(=O)OC(C)(C)C)c2)n1/C=C/C(O)CC(=O)CC(=O)O. The highest BCUT2D eigenvalue weighted by atomic mass is 19.1. The molecule has 0 fully saturated rings. The molecule has 9 nitrogen and oxygen atoms in total. The van der Waals surface area contributed by atoms with Crippen molar-refractivity contribution < 1.29 is 33.7 Å². The number of carbonyl (C=O) groups is 3. The van der Waals surface area contributed by atoms with Crippen molar-refractivity contribution >= 4 is 29.7 Å². The predicted molar refractivity (Wildman–Crippen MR) is 150 cm³/mol. The number of hydrogen-bond donors (Lipinski definition) is 3. The number of hydrogen-bond acceptors (Lipinski definition) is 6. The Balaban J connectivity index is 2.11. The van der Waals surface area contributed by atoms with E-state index in [1.54, 1.807) is 61.9 Å². The number of ketones is 1. The van der Waals surface area contributed by atoms with E-state index in [1.165, 1.54) is 18.2 Å². The fourth-order valence-electron chi connectivity index (χ4n) is 3.99. The van der Waals surface area contributed by atoms with E-state index in [2.05, 4.69) is 5.32 Å². The number of rotatable bonds is 10. The Kier molecular flexibility index (Phi) is 9.60. The fourth-order valence-corrected chi connectivity index (χ4v) is 3.99. The number of anilines is 1. The number of amides is 1. The van der Waals surface area contributed by atoms with Gasteiger partial charge in [-0.15, -0.1) is 0 Å². The Morgan fingerprint density at radius 2 is 1.77 bits per heavy atom. The first-order chi connectivity index (χ1) is 18.7. The zero-order valence-corrected chi connectivity index (χ0v) is 23.1. The molecule has 10 heteroatoms. The molecule has 1 unspecified atom stereocenters. The third-order valence-corrected chi connectivity index (χ3v) is 5.60. The topological polar surface area (TPSA) is 131 Å². The van der Waals surface area contributed by atoms with Gasteiger partial charge in [0.25, 0.3) is 0 Å². The van der Waals surface area contributed by atoms with E-state index in [-0.39, 0.29) is 12.3 Å². The molecule has 0 aliphatic carbocycles. The first kappa shape index (κ1) is 30.2. The molecule has 3 N–H and O–H groups in total. The summed E-state index contributed by atoms with van der Waals surface area (Å²) >= 11 is 0. The maximum absolute atomic E-state index is 13.7. The molecular formula is C30H34FN3O6. The number of carboxylic acid groups (broad SMARTS) is 1. The smallest absolute Gasteiger partial charge is 0.412 e. The Morgan fingerprint density at radius 1 is 1.10 bits per heavy atom. The van der Waals surface area contributed by atoms with Crippen LogP contribution in [-0.2, 0) is 14.3 Å². The van der Waals surface area contributed by atoms with Gasteiger partial charge in [-0.2, -0.15) is 0 Å². The Morgan fingerprint density at radius 3 is 2.38 bits per heavy atom. The van der Waals surface area contributed by atoms with Gasteiger partial charge in [0.05, 0.1) is 17.5 Å². The quantitative estimate of drug-likeness (QED) is 0.260. The van der Waals surface area contributed by atoms with Crippen molar-refractivity contribution in [2.75, 3.05) is 5.32 Å². The van der Waals surface area contributed by atoms with Gasteiger partial charge in [-0.3, -0.25) is 14.9 Å². The molecule has 0 bridgehead atoms. The van der Waals surface area contributed by atoms with E-state index in [9.17, 15) is 23.9 Å². The zero-order chi connectivity index (χ0) is 29.6. The van der Waals surface area contributed by atoms with Gasteiger partial charge in [0.15, 0.2) is 0 Å². The number of aliphatic hydroxyl groups excluding tert-OH is 1. The molecule has 1 amide bonds. The lowest BCUT2D eigenvalue weighted by atomic mass is 10.0. The van der Waals surface area contributed by atoms with E-state index in [1.807, 2.05) is 19.9 Å². The summed E-state index contributed by atoms with van der Waals surface area (Å²) in [5, 5.41) is 22.0. The summed E-state index contributed by atoms with van der Waals surface area (Å²) < 4.78 is 20.9. The van der Waals surface area contributed by atoms with Crippen LogP contribution in [0, 0.1) is 5.82 Å². The Labute approximate surface area is 232 Å². The fraction of sp³-hybridized carbons (Fsp3) is 0.333. The lowest BCUT2D eigenvalue weighted by molar-refractivity contribution is -0.140. The number of ether oxygens (including phenoxy) is 1. The molecule has 0 spiro atoms.